The van der Waals surface area contributed by atoms with Gasteiger partial charge in [-0.2, -0.15) is 0 Å². The predicted molar refractivity (Wildman–Crippen MR) is 108 cm³/mol. The van der Waals surface area contributed by atoms with Gasteiger partial charge in [-0.25, -0.2) is 0 Å². The molecule has 0 saturated carbocycles. The maximum Gasteiger partial charge on any atom is 0.280 e. The Labute approximate surface area is 165 Å². The number of aryl methyl sites for hydroxylation is 1. The number of hydrogen-bond donors (Lipinski definition) is 3. The second-order valence-corrected chi connectivity index (χ2v) is 8.95. The Hall–Kier alpha value is -1.44. The number of ether oxygens (including phenoxy) is 1. The van der Waals surface area contributed by atoms with Gasteiger partial charge in [-0.3, -0.25) is 9.59 Å². The zero-order valence-electron chi connectivity index (χ0n) is 16.5. The largest absolute Gasteiger partial charge is 0.383 e. The number of carbonyl (C=O) groups is 2. The third-order valence-corrected chi connectivity index (χ3v) is 6.73. The summed E-state index contributed by atoms with van der Waals surface area (Å²) < 4.78 is 5.03. The zero-order chi connectivity index (χ0) is 19.2. The number of anilines is 1. The number of fused-ring (bicyclic) bond motifs is 1. The summed E-state index contributed by atoms with van der Waals surface area (Å²) in [6.45, 7) is 5.81. The van der Waals surface area contributed by atoms with Crippen LogP contribution in [0.4, 0.5) is 5.00 Å². The molecule has 2 amide bonds. The Morgan fingerprint density at radius 2 is 2.07 bits per heavy atom. The van der Waals surface area contributed by atoms with E-state index in [0.717, 1.165) is 49.3 Å². The molecule has 1 unspecified atom stereocenters. The van der Waals surface area contributed by atoms with Gasteiger partial charge in [0, 0.05) is 24.4 Å². The van der Waals surface area contributed by atoms with Crippen molar-refractivity contribution in [3.8, 4) is 0 Å². The van der Waals surface area contributed by atoms with Crippen molar-refractivity contribution in [3.63, 3.8) is 0 Å². The lowest BCUT2D eigenvalue weighted by atomic mass is 9.95. The van der Waals surface area contributed by atoms with Crippen LogP contribution in [0.15, 0.2) is 0 Å². The zero-order valence-corrected chi connectivity index (χ0v) is 17.3. The van der Waals surface area contributed by atoms with Crippen LogP contribution < -0.4 is 15.5 Å². The van der Waals surface area contributed by atoms with E-state index >= 15 is 0 Å². The van der Waals surface area contributed by atoms with E-state index in [9.17, 15) is 9.59 Å². The molecular formula is C20H32N3O3S+. The van der Waals surface area contributed by atoms with Crippen LogP contribution in [0.5, 0.6) is 0 Å². The van der Waals surface area contributed by atoms with Gasteiger partial charge in [-0.1, -0.05) is 6.92 Å². The van der Waals surface area contributed by atoms with Gasteiger partial charge in [0.1, 0.15) is 5.00 Å². The van der Waals surface area contributed by atoms with Crippen LogP contribution in [-0.4, -0.2) is 51.7 Å². The number of methoxy groups -OCH3 is 1. The van der Waals surface area contributed by atoms with Gasteiger partial charge in [0.05, 0.1) is 25.3 Å². The van der Waals surface area contributed by atoms with E-state index in [2.05, 4.69) is 17.6 Å². The Morgan fingerprint density at radius 1 is 1.26 bits per heavy atom. The Balaban J connectivity index is 1.70. The van der Waals surface area contributed by atoms with E-state index in [4.69, 9.17) is 4.74 Å². The van der Waals surface area contributed by atoms with E-state index < -0.39 is 0 Å². The minimum Gasteiger partial charge on any atom is -0.383 e. The second-order valence-electron chi connectivity index (χ2n) is 7.84. The molecule has 1 aromatic heterocycles. The molecule has 3 rings (SSSR count). The molecule has 1 fully saturated rings. The van der Waals surface area contributed by atoms with E-state index in [1.807, 2.05) is 0 Å². The van der Waals surface area contributed by atoms with Crippen molar-refractivity contribution in [2.45, 2.75) is 45.4 Å². The summed E-state index contributed by atoms with van der Waals surface area (Å²) in [5.74, 6) is 0.599. The molecule has 6 nitrogen and oxygen atoms in total. The van der Waals surface area contributed by atoms with Crippen LogP contribution in [0.1, 0.15) is 53.4 Å². The Morgan fingerprint density at radius 3 is 2.85 bits per heavy atom. The van der Waals surface area contributed by atoms with E-state index in [1.165, 1.54) is 22.6 Å². The first-order chi connectivity index (χ1) is 13.1. The lowest BCUT2D eigenvalue weighted by Gasteiger charge is -2.27. The van der Waals surface area contributed by atoms with Crippen LogP contribution in [0.3, 0.4) is 0 Å². The molecule has 27 heavy (non-hydrogen) atoms. The predicted octanol–water partition coefficient (Wildman–Crippen LogP) is 1.26. The molecule has 150 valence electrons. The van der Waals surface area contributed by atoms with Crippen molar-refractivity contribution in [2.24, 2.45) is 5.92 Å². The lowest BCUT2D eigenvalue weighted by molar-refractivity contribution is -0.900. The summed E-state index contributed by atoms with van der Waals surface area (Å²) in [7, 11) is 1.62. The van der Waals surface area contributed by atoms with Crippen LogP contribution >= 0.6 is 11.3 Å². The molecule has 2 heterocycles. The monoisotopic (exact) mass is 394 g/mol. The third-order valence-electron chi connectivity index (χ3n) is 5.52. The van der Waals surface area contributed by atoms with Gasteiger partial charge in [-0.15, -0.1) is 11.3 Å². The highest BCUT2D eigenvalue weighted by molar-refractivity contribution is 7.17. The number of hydrogen-bond acceptors (Lipinski definition) is 4. The van der Waals surface area contributed by atoms with Crippen LogP contribution in [0, 0.1) is 5.92 Å². The standard InChI is InChI=1S/C20H31N3O3S/c1-14-6-5-10-23(12-14)13-17(24)22-20-18(19(25)21-9-11-26-2)15-7-3-4-8-16(15)27-20/h14H,3-13H2,1-2H3,(H,21,25)(H,22,24)/p+1/t14-/m1/s1. The smallest absolute Gasteiger partial charge is 0.280 e. The minimum atomic E-state index is -0.0966. The molecular weight excluding hydrogens is 362 g/mol. The van der Waals surface area contributed by atoms with E-state index in [0.29, 0.717) is 31.2 Å². The molecule has 1 aromatic rings. The minimum absolute atomic E-state index is 0.0173. The number of thiophene rings is 1. The summed E-state index contributed by atoms with van der Waals surface area (Å²) in [5, 5.41) is 6.72. The quantitative estimate of drug-likeness (QED) is 0.610. The maximum absolute atomic E-state index is 12.8. The van der Waals surface area contributed by atoms with E-state index in [1.54, 1.807) is 18.4 Å². The van der Waals surface area contributed by atoms with Crippen LogP contribution in [0.2, 0.25) is 0 Å². The number of carbonyl (C=O) groups excluding carboxylic acids is 2. The molecule has 0 bridgehead atoms. The topological polar surface area (TPSA) is 71.9 Å². The van der Waals surface area contributed by atoms with Gasteiger partial charge in [0.15, 0.2) is 6.54 Å². The van der Waals surface area contributed by atoms with Crippen molar-refractivity contribution >= 4 is 28.2 Å². The molecule has 0 aromatic carbocycles. The van der Waals surface area contributed by atoms with Crippen LogP contribution in [0.25, 0.3) is 0 Å². The summed E-state index contributed by atoms with van der Waals surface area (Å²) in [6.07, 6.45) is 6.62. The van der Waals surface area contributed by atoms with Crippen molar-refractivity contribution in [1.29, 1.82) is 0 Å². The first-order valence-electron chi connectivity index (χ1n) is 10.1. The van der Waals surface area contributed by atoms with Crippen molar-refractivity contribution in [1.82, 2.24) is 5.32 Å². The average molecular weight is 395 g/mol. The fourth-order valence-corrected chi connectivity index (χ4v) is 5.51. The number of nitrogens with one attached hydrogen (secondary N) is 3. The van der Waals surface area contributed by atoms with Crippen molar-refractivity contribution in [3.05, 3.63) is 16.0 Å². The molecule has 2 aliphatic rings. The summed E-state index contributed by atoms with van der Waals surface area (Å²) in [5.41, 5.74) is 1.82. The molecule has 3 N–H and O–H groups in total. The number of piperidine rings is 1. The van der Waals surface area contributed by atoms with Gasteiger partial charge in [0.25, 0.3) is 11.8 Å². The summed E-state index contributed by atoms with van der Waals surface area (Å²) in [6, 6.07) is 0. The molecule has 2 atom stereocenters. The fraction of sp³-hybridized carbons (Fsp3) is 0.700. The first-order valence-corrected chi connectivity index (χ1v) is 10.9. The maximum atomic E-state index is 12.8. The van der Waals surface area contributed by atoms with E-state index in [-0.39, 0.29) is 11.8 Å². The molecule has 1 aliphatic heterocycles. The number of quaternary nitrogens is 1. The molecule has 0 radical (unpaired) electrons. The highest BCUT2D eigenvalue weighted by Gasteiger charge is 2.28. The highest BCUT2D eigenvalue weighted by Crippen LogP contribution is 2.38. The Bertz CT molecular complexity index is 674. The molecule has 0 spiro atoms. The van der Waals surface area contributed by atoms with Crippen molar-refractivity contribution in [2.75, 3.05) is 45.2 Å². The fourth-order valence-electron chi connectivity index (χ4n) is 4.21. The SMILES string of the molecule is COCCNC(=O)c1c(NC(=O)C[NH+]2CCC[C@@H](C)C2)sc2c1CCCC2. The van der Waals surface area contributed by atoms with Gasteiger partial charge in [-0.05, 0) is 44.1 Å². The number of rotatable bonds is 7. The molecule has 7 heteroatoms. The highest BCUT2D eigenvalue weighted by atomic mass is 32.1. The number of likely N-dealkylation sites (tertiary alicyclic amines) is 1. The van der Waals surface area contributed by atoms with Gasteiger partial charge in [0.2, 0.25) is 0 Å². The number of amides is 2. The van der Waals surface area contributed by atoms with Crippen LogP contribution in [-0.2, 0) is 22.4 Å². The third kappa shape index (κ3) is 5.30. The lowest BCUT2D eigenvalue weighted by Crippen LogP contribution is -3.14. The summed E-state index contributed by atoms with van der Waals surface area (Å²) >= 11 is 1.59. The van der Waals surface area contributed by atoms with Gasteiger partial charge >= 0.3 is 0 Å². The molecule has 1 aliphatic carbocycles. The average Bonchev–Trinajstić information content (AvgIpc) is 2.99. The second kappa shape index (κ2) is 9.66. The normalized spacial score (nSPS) is 22.1. The molecule has 1 saturated heterocycles. The van der Waals surface area contributed by atoms with Crippen molar-refractivity contribution < 1.29 is 19.2 Å². The first kappa shape index (κ1) is 20.3. The van der Waals surface area contributed by atoms with Gasteiger partial charge < -0.3 is 20.3 Å². The summed E-state index contributed by atoms with van der Waals surface area (Å²) in [4.78, 5) is 28.0. The Kier molecular flexibility index (Phi) is 7.26.